The number of nitrogens with one attached hydrogen (secondary N) is 1. The fraction of sp³-hybridized carbons (Fsp3) is 0.526. The molecule has 2 aliphatic rings. The van der Waals surface area contributed by atoms with Crippen molar-refractivity contribution in [2.75, 3.05) is 33.3 Å². The van der Waals surface area contributed by atoms with E-state index in [1.54, 1.807) is 4.90 Å². The maximum Gasteiger partial charge on any atom is 0.325 e. The third kappa shape index (κ3) is 4.71. The second-order valence-corrected chi connectivity index (χ2v) is 7.71. The maximum absolute atomic E-state index is 12.5. The summed E-state index contributed by atoms with van der Waals surface area (Å²) in [5.41, 5.74) is 0.993. The minimum Gasteiger partial charge on any atom is -0.468 e. The average Bonchev–Trinajstić information content (AvgIpc) is 2.96. The number of carbonyl (C=O) groups excluding carboxylic acids is 3. The van der Waals surface area contributed by atoms with Crippen LogP contribution in [-0.4, -0.2) is 61.0 Å². The highest BCUT2D eigenvalue weighted by Gasteiger charge is 2.45. The van der Waals surface area contributed by atoms with Crippen molar-refractivity contribution >= 4 is 29.5 Å². The normalized spacial score (nSPS) is 18.7. The highest BCUT2D eigenvalue weighted by atomic mass is 35.5. The lowest BCUT2D eigenvalue weighted by molar-refractivity contribution is -0.139. The van der Waals surface area contributed by atoms with E-state index in [9.17, 15) is 14.4 Å². The Labute approximate surface area is 163 Å². The number of methoxy groups -OCH3 is 1. The van der Waals surface area contributed by atoms with E-state index in [-0.39, 0.29) is 23.9 Å². The lowest BCUT2D eigenvalue weighted by Crippen LogP contribution is -2.49. The standard InChI is InChI=1S/C19H24ClN3O4/c1-27-17(25)11-21-18(26)22-8-6-19(7-9-22)10-16(24)23(13-19)12-14-2-4-15(20)5-3-14/h2-5H,6-13H2,1H3,(H,21,26). The van der Waals surface area contributed by atoms with Gasteiger partial charge in [-0.15, -0.1) is 0 Å². The van der Waals surface area contributed by atoms with Gasteiger partial charge < -0.3 is 19.9 Å². The van der Waals surface area contributed by atoms with Gasteiger partial charge in [0.2, 0.25) is 5.91 Å². The number of esters is 1. The molecule has 0 atom stereocenters. The Balaban J connectivity index is 1.52. The van der Waals surface area contributed by atoms with E-state index in [0.29, 0.717) is 37.6 Å². The third-order valence-corrected chi connectivity index (χ3v) is 5.67. The molecule has 0 aromatic heterocycles. The molecule has 0 saturated carbocycles. The summed E-state index contributed by atoms with van der Waals surface area (Å²) in [5.74, 6) is -0.315. The van der Waals surface area contributed by atoms with Crippen molar-refractivity contribution < 1.29 is 19.1 Å². The van der Waals surface area contributed by atoms with E-state index in [0.717, 1.165) is 18.4 Å². The summed E-state index contributed by atoms with van der Waals surface area (Å²) >= 11 is 5.92. The van der Waals surface area contributed by atoms with Gasteiger partial charge in [0, 0.05) is 43.0 Å². The Morgan fingerprint density at radius 3 is 2.52 bits per heavy atom. The van der Waals surface area contributed by atoms with Crippen LogP contribution in [0.2, 0.25) is 5.02 Å². The van der Waals surface area contributed by atoms with Crippen LogP contribution in [-0.2, 0) is 20.9 Å². The zero-order valence-electron chi connectivity index (χ0n) is 15.4. The molecule has 146 valence electrons. The quantitative estimate of drug-likeness (QED) is 0.794. The van der Waals surface area contributed by atoms with Crippen molar-refractivity contribution in [2.45, 2.75) is 25.8 Å². The lowest BCUT2D eigenvalue weighted by Gasteiger charge is -2.38. The number of amides is 3. The zero-order valence-corrected chi connectivity index (χ0v) is 16.1. The van der Waals surface area contributed by atoms with Gasteiger partial charge in [0.1, 0.15) is 6.54 Å². The van der Waals surface area contributed by atoms with Crippen molar-refractivity contribution in [1.29, 1.82) is 0 Å². The monoisotopic (exact) mass is 393 g/mol. The van der Waals surface area contributed by atoms with Crippen LogP contribution in [0.4, 0.5) is 4.79 Å². The van der Waals surface area contributed by atoms with Crippen LogP contribution in [0.5, 0.6) is 0 Å². The van der Waals surface area contributed by atoms with Crippen LogP contribution in [0.1, 0.15) is 24.8 Å². The predicted molar refractivity (Wildman–Crippen MR) is 100 cm³/mol. The fourth-order valence-electron chi connectivity index (χ4n) is 3.79. The van der Waals surface area contributed by atoms with E-state index < -0.39 is 5.97 Å². The van der Waals surface area contributed by atoms with Crippen molar-refractivity contribution in [2.24, 2.45) is 5.41 Å². The molecular weight excluding hydrogens is 370 g/mol. The molecule has 0 unspecified atom stereocenters. The number of hydrogen-bond acceptors (Lipinski definition) is 4. The number of rotatable bonds is 4. The van der Waals surface area contributed by atoms with Crippen molar-refractivity contribution in [1.82, 2.24) is 15.1 Å². The summed E-state index contributed by atoms with van der Waals surface area (Å²) in [6, 6.07) is 7.28. The number of halogens is 1. The molecule has 1 spiro atoms. The summed E-state index contributed by atoms with van der Waals surface area (Å²) in [5, 5.41) is 3.24. The number of urea groups is 1. The topological polar surface area (TPSA) is 79.0 Å². The van der Waals surface area contributed by atoms with Crippen LogP contribution in [0, 0.1) is 5.41 Å². The van der Waals surface area contributed by atoms with E-state index >= 15 is 0 Å². The number of ether oxygens (including phenoxy) is 1. The Kier molecular flexibility index (Phi) is 5.89. The fourth-order valence-corrected chi connectivity index (χ4v) is 3.91. The molecule has 0 bridgehead atoms. The SMILES string of the molecule is COC(=O)CNC(=O)N1CCC2(CC1)CC(=O)N(Cc1ccc(Cl)cc1)C2. The minimum absolute atomic E-state index is 0.0668. The summed E-state index contributed by atoms with van der Waals surface area (Å²) in [6.07, 6.45) is 2.08. The van der Waals surface area contributed by atoms with E-state index in [4.69, 9.17) is 11.6 Å². The van der Waals surface area contributed by atoms with Crippen molar-refractivity contribution in [3.05, 3.63) is 34.9 Å². The second kappa shape index (κ2) is 8.17. The molecule has 0 aliphatic carbocycles. The number of carbonyl (C=O) groups is 3. The number of benzene rings is 1. The van der Waals surface area contributed by atoms with Gasteiger partial charge in [0.05, 0.1) is 7.11 Å². The van der Waals surface area contributed by atoms with Crippen molar-refractivity contribution in [3.63, 3.8) is 0 Å². The van der Waals surface area contributed by atoms with E-state index in [2.05, 4.69) is 10.1 Å². The zero-order chi connectivity index (χ0) is 19.4. The number of piperidine rings is 1. The van der Waals surface area contributed by atoms with Gasteiger partial charge in [-0.25, -0.2) is 4.79 Å². The molecule has 1 N–H and O–H groups in total. The second-order valence-electron chi connectivity index (χ2n) is 7.27. The minimum atomic E-state index is -0.476. The molecule has 1 aromatic rings. The van der Waals surface area contributed by atoms with Gasteiger partial charge >= 0.3 is 12.0 Å². The summed E-state index contributed by atoms with van der Waals surface area (Å²) in [6.45, 7) is 2.32. The number of nitrogens with zero attached hydrogens (tertiary/aromatic N) is 2. The van der Waals surface area contributed by atoms with Crippen LogP contribution in [0.25, 0.3) is 0 Å². The Bertz CT molecular complexity index is 714. The number of likely N-dealkylation sites (tertiary alicyclic amines) is 2. The largest absolute Gasteiger partial charge is 0.468 e. The maximum atomic E-state index is 12.5. The third-order valence-electron chi connectivity index (χ3n) is 5.41. The molecular formula is C19H24ClN3O4. The lowest BCUT2D eigenvalue weighted by atomic mass is 9.77. The molecule has 1 aromatic carbocycles. The summed E-state index contributed by atoms with van der Waals surface area (Å²) < 4.78 is 4.52. The molecule has 2 aliphatic heterocycles. The van der Waals surface area contributed by atoms with Gasteiger partial charge in [-0.3, -0.25) is 9.59 Å². The van der Waals surface area contributed by atoms with Gasteiger partial charge in [0.15, 0.2) is 0 Å². The van der Waals surface area contributed by atoms with Crippen LogP contribution in [0.15, 0.2) is 24.3 Å². The Morgan fingerprint density at radius 1 is 1.22 bits per heavy atom. The van der Waals surface area contributed by atoms with Gasteiger partial charge in [-0.1, -0.05) is 23.7 Å². The summed E-state index contributed by atoms with van der Waals surface area (Å²) in [4.78, 5) is 39.4. The van der Waals surface area contributed by atoms with Crippen LogP contribution in [0.3, 0.4) is 0 Å². The molecule has 7 nitrogen and oxygen atoms in total. The van der Waals surface area contributed by atoms with Crippen LogP contribution < -0.4 is 5.32 Å². The molecule has 2 heterocycles. The van der Waals surface area contributed by atoms with Crippen LogP contribution >= 0.6 is 11.6 Å². The first kappa shape index (κ1) is 19.5. The molecule has 0 radical (unpaired) electrons. The van der Waals surface area contributed by atoms with E-state index in [1.165, 1.54) is 7.11 Å². The van der Waals surface area contributed by atoms with Gasteiger partial charge in [-0.05, 0) is 30.5 Å². The molecule has 3 rings (SSSR count). The van der Waals surface area contributed by atoms with Gasteiger partial charge in [0.25, 0.3) is 0 Å². The van der Waals surface area contributed by atoms with Gasteiger partial charge in [-0.2, -0.15) is 0 Å². The smallest absolute Gasteiger partial charge is 0.325 e. The van der Waals surface area contributed by atoms with E-state index in [1.807, 2.05) is 29.2 Å². The first-order valence-electron chi connectivity index (χ1n) is 9.03. The Morgan fingerprint density at radius 2 is 1.89 bits per heavy atom. The molecule has 8 heteroatoms. The highest BCUT2D eigenvalue weighted by molar-refractivity contribution is 6.30. The average molecular weight is 394 g/mol. The molecule has 27 heavy (non-hydrogen) atoms. The number of hydrogen-bond donors (Lipinski definition) is 1. The first-order chi connectivity index (χ1) is 12.9. The molecule has 2 saturated heterocycles. The Hall–Kier alpha value is -2.28. The predicted octanol–water partition coefficient (Wildman–Crippen LogP) is 2.04. The highest BCUT2D eigenvalue weighted by Crippen LogP contribution is 2.41. The summed E-state index contributed by atoms with van der Waals surface area (Å²) in [7, 11) is 1.28. The van der Waals surface area contributed by atoms with Crippen molar-refractivity contribution in [3.8, 4) is 0 Å². The molecule has 3 amide bonds. The first-order valence-corrected chi connectivity index (χ1v) is 9.40. The molecule has 2 fully saturated rings.